The smallest absolute Gasteiger partial charge is 0.238 e. The summed E-state index contributed by atoms with van der Waals surface area (Å²) in [5.74, 6) is -0.614. The maximum absolute atomic E-state index is 11.9. The highest BCUT2D eigenvalue weighted by molar-refractivity contribution is 7.98. The van der Waals surface area contributed by atoms with Crippen molar-refractivity contribution in [2.75, 3.05) is 25.2 Å². The monoisotopic (exact) mass is 281 g/mol. The standard InChI is InChI=1S/C13H19N3O2S/c1-9(13(14)18)16(2)8-12(17)15-10-6-4-5-7-11(10)19-3/h4-7,9H,8H2,1-3H3,(H2,14,18)(H,15,17). The molecule has 104 valence electrons. The van der Waals surface area contributed by atoms with E-state index < -0.39 is 11.9 Å². The van der Waals surface area contributed by atoms with Crippen LogP contribution in [0.4, 0.5) is 5.69 Å². The topological polar surface area (TPSA) is 75.4 Å². The van der Waals surface area contributed by atoms with Gasteiger partial charge in [0.2, 0.25) is 11.8 Å². The van der Waals surface area contributed by atoms with Gasteiger partial charge < -0.3 is 11.1 Å². The Bertz CT molecular complexity index is 465. The molecule has 1 unspecified atom stereocenters. The summed E-state index contributed by atoms with van der Waals surface area (Å²) in [7, 11) is 1.69. The molecule has 0 heterocycles. The lowest BCUT2D eigenvalue weighted by molar-refractivity contribution is -0.123. The van der Waals surface area contributed by atoms with E-state index in [4.69, 9.17) is 5.73 Å². The van der Waals surface area contributed by atoms with Crippen LogP contribution in [-0.2, 0) is 9.59 Å². The minimum Gasteiger partial charge on any atom is -0.368 e. The zero-order chi connectivity index (χ0) is 14.4. The summed E-state index contributed by atoms with van der Waals surface area (Å²) in [5, 5.41) is 2.83. The van der Waals surface area contributed by atoms with Gasteiger partial charge in [0.25, 0.3) is 0 Å². The molecule has 5 nitrogen and oxygen atoms in total. The van der Waals surface area contributed by atoms with Gasteiger partial charge in [0.15, 0.2) is 0 Å². The van der Waals surface area contributed by atoms with Gasteiger partial charge in [-0.15, -0.1) is 11.8 Å². The Morgan fingerprint density at radius 3 is 2.63 bits per heavy atom. The Balaban J connectivity index is 2.63. The number of nitrogens with one attached hydrogen (secondary N) is 1. The lowest BCUT2D eigenvalue weighted by atomic mass is 10.2. The van der Waals surface area contributed by atoms with Crippen molar-refractivity contribution < 1.29 is 9.59 Å². The van der Waals surface area contributed by atoms with Crippen molar-refractivity contribution >= 4 is 29.3 Å². The van der Waals surface area contributed by atoms with Crippen molar-refractivity contribution in [3.63, 3.8) is 0 Å². The van der Waals surface area contributed by atoms with Crippen LogP contribution in [0.3, 0.4) is 0 Å². The molecule has 6 heteroatoms. The van der Waals surface area contributed by atoms with Crippen LogP contribution in [0.15, 0.2) is 29.2 Å². The van der Waals surface area contributed by atoms with E-state index in [-0.39, 0.29) is 12.5 Å². The van der Waals surface area contributed by atoms with Gasteiger partial charge in [0.05, 0.1) is 18.3 Å². The Morgan fingerprint density at radius 2 is 2.05 bits per heavy atom. The van der Waals surface area contributed by atoms with E-state index in [9.17, 15) is 9.59 Å². The van der Waals surface area contributed by atoms with Gasteiger partial charge >= 0.3 is 0 Å². The first kappa shape index (κ1) is 15.5. The van der Waals surface area contributed by atoms with Gasteiger partial charge in [-0.05, 0) is 32.4 Å². The number of amides is 2. The molecule has 0 aromatic heterocycles. The number of thioether (sulfide) groups is 1. The summed E-state index contributed by atoms with van der Waals surface area (Å²) in [6, 6.07) is 7.10. The van der Waals surface area contributed by atoms with Crippen LogP contribution in [0.2, 0.25) is 0 Å². The molecule has 0 saturated heterocycles. The molecule has 0 aliphatic rings. The van der Waals surface area contributed by atoms with E-state index >= 15 is 0 Å². The lowest BCUT2D eigenvalue weighted by Crippen LogP contribution is -2.43. The van der Waals surface area contributed by atoms with Crippen molar-refractivity contribution in [2.45, 2.75) is 17.9 Å². The summed E-state index contributed by atoms with van der Waals surface area (Å²) in [6.45, 7) is 1.79. The minimum atomic E-state index is -0.471. The van der Waals surface area contributed by atoms with E-state index in [0.29, 0.717) is 0 Å². The zero-order valence-corrected chi connectivity index (χ0v) is 12.2. The second kappa shape index (κ2) is 7.16. The van der Waals surface area contributed by atoms with Crippen LogP contribution < -0.4 is 11.1 Å². The molecule has 1 aromatic rings. The van der Waals surface area contributed by atoms with E-state index in [2.05, 4.69) is 5.32 Å². The van der Waals surface area contributed by atoms with Gasteiger partial charge in [0, 0.05) is 4.90 Å². The summed E-state index contributed by atoms with van der Waals surface area (Å²) in [4.78, 5) is 25.5. The maximum Gasteiger partial charge on any atom is 0.238 e. The highest BCUT2D eigenvalue weighted by atomic mass is 32.2. The summed E-state index contributed by atoms with van der Waals surface area (Å²) in [5.41, 5.74) is 5.97. The van der Waals surface area contributed by atoms with E-state index in [1.807, 2.05) is 30.5 Å². The predicted molar refractivity (Wildman–Crippen MR) is 78.1 cm³/mol. The first-order chi connectivity index (χ1) is 8.95. The number of likely N-dealkylation sites (N-methyl/N-ethyl adjacent to an activating group) is 1. The first-order valence-electron chi connectivity index (χ1n) is 5.88. The lowest BCUT2D eigenvalue weighted by Gasteiger charge is -2.21. The van der Waals surface area contributed by atoms with Crippen molar-refractivity contribution in [2.24, 2.45) is 5.73 Å². The van der Waals surface area contributed by atoms with Gasteiger partial charge in [-0.3, -0.25) is 14.5 Å². The van der Waals surface area contributed by atoms with E-state index in [0.717, 1.165) is 10.6 Å². The molecule has 1 aromatic carbocycles. The van der Waals surface area contributed by atoms with Crippen LogP contribution >= 0.6 is 11.8 Å². The highest BCUT2D eigenvalue weighted by Crippen LogP contribution is 2.24. The summed E-state index contributed by atoms with van der Waals surface area (Å²) >= 11 is 1.57. The molecule has 0 aliphatic heterocycles. The molecule has 0 saturated carbocycles. The molecule has 2 amide bonds. The molecular weight excluding hydrogens is 262 g/mol. The van der Waals surface area contributed by atoms with Crippen LogP contribution in [0.5, 0.6) is 0 Å². The second-order valence-electron chi connectivity index (χ2n) is 4.24. The first-order valence-corrected chi connectivity index (χ1v) is 7.10. The molecular formula is C13H19N3O2S. The highest BCUT2D eigenvalue weighted by Gasteiger charge is 2.17. The Kier molecular flexibility index (Phi) is 5.85. The second-order valence-corrected chi connectivity index (χ2v) is 5.09. The van der Waals surface area contributed by atoms with Crippen molar-refractivity contribution in [1.29, 1.82) is 0 Å². The summed E-state index contributed by atoms with van der Waals surface area (Å²) in [6.07, 6.45) is 1.95. The Hall–Kier alpha value is -1.53. The van der Waals surface area contributed by atoms with Gasteiger partial charge in [0.1, 0.15) is 0 Å². The largest absolute Gasteiger partial charge is 0.368 e. The third kappa shape index (κ3) is 4.57. The van der Waals surface area contributed by atoms with E-state index in [1.54, 1.807) is 30.6 Å². The number of nitrogens with two attached hydrogens (primary N) is 1. The maximum atomic E-state index is 11.9. The third-order valence-electron chi connectivity index (χ3n) is 2.85. The average molecular weight is 281 g/mol. The molecule has 1 rings (SSSR count). The molecule has 0 fully saturated rings. The number of para-hydroxylation sites is 1. The molecule has 0 aliphatic carbocycles. The quantitative estimate of drug-likeness (QED) is 0.767. The molecule has 1 atom stereocenters. The number of carbonyl (C=O) groups excluding carboxylic acids is 2. The van der Waals surface area contributed by atoms with Gasteiger partial charge in [-0.1, -0.05) is 12.1 Å². The number of anilines is 1. The van der Waals surface area contributed by atoms with Crippen LogP contribution in [-0.4, -0.2) is 42.6 Å². The fourth-order valence-corrected chi connectivity index (χ4v) is 2.07. The predicted octanol–water partition coefficient (Wildman–Crippen LogP) is 1.15. The zero-order valence-electron chi connectivity index (χ0n) is 11.3. The normalized spacial score (nSPS) is 12.2. The summed E-state index contributed by atoms with van der Waals surface area (Å²) < 4.78 is 0. The Labute approximate surface area is 117 Å². The fourth-order valence-electron chi connectivity index (χ4n) is 1.52. The molecule has 0 spiro atoms. The van der Waals surface area contributed by atoms with Gasteiger partial charge in [-0.2, -0.15) is 0 Å². The number of hydrogen-bond acceptors (Lipinski definition) is 4. The number of carbonyl (C=O) groups is 2. The van der Waals surface area contributed by atoms with Crippen molar-refractivity contribution in [3.05, 3.63) is 24.3 Å². The van der Waals surface area contributed by atoms with E-state index in [1.165, 1.54) is 0 Å². The van der Waals surface area contributed by atoms with Crippen LogP contribution in [0.25, 0.3) is 0 Å². The molecule has 3 N–H and O–H groups in total. The van der Waals surface area contributed by atoms with Crippen LogP contribution in [0, 0.1) is 0 Å². The van der Waals surface area contributed by atoms with Crippen molar-refractivity contribution in [3.8, 4) is 0 Å². The number of nitrogens with zero attached hydrogens (tertiary/aromatic N) is 1. The Morgan fingerprint density at radius 1 is 1.42 bits per heavy atom. The minimum absolute atomic E-state index is 0.118. The number of rotatable bonds is 6. The third-order valence-corrected chi connectivity index (χ3v) is 3.64. The van der Waals surface area contributed by atoms with Crippen LogP contribution in [0.1, 0.15) is 6.92 Å². The number of primary amides is 1. The van der Waals surface area contributed by atoms with Crippen molar-refractivity contribution in [1.82, 2.24) is 4.90 Å². The van der Waals surface area contributed by atoms with Gasteiger partial charge in [-0.25, -0.2) is 0 Å². The molecule has 0 bridgehead atoms. The number of hydrogen-bond donors (Lipinski definition) is 2. The SMILES string of the molecule is CSc1ccccc1NC(=O)CN(C)C(C)C(N)=O. The fraction of sp³-hybridized carbons (Fsp3) is 0.385. The number of benzene rings is 1. The average Bonchev–Trinajstić information content (AvgIpc) is 2.38. The molecule has 19 heavy (non-hydrogen) atoms. The molecule has 0 radical (unpaired) electrons.